The monoisotopic (exact) mass is 381 g/mol. The average molecular weight is 383 g/mol. The molecule has 1 N–H and O–H groups in total. The van der Waals surface area contributed by atoms with Crippen molar-refractivity contribution in [3.8, 4) is 0 Å². The summed E-state index contributed by atoms with van der Waals surface area (Å²) in [6, 6.07) is 4.35. The fourth-order valence-electron chi connectivity index (χ4n) is 2.15. The van der Waals surface area contributed by atoms with Crippen LogP contribution in [0.15, 0.2) is 27.6 Å². The molecule has 20 heavy (non-hydrogen) atoms. The number of hydrogen-bond donors (Lipinski definition) is 1. The van der Waals surface area contributed by atoms with Gasteiger partial charge in [0.1, 0.15) is 0 Å². The molecule has 0 radical (unpaired) electrons. The number of benzene rings is 1. The molecule has 1 heterocycles. The van der Waals surface area contributed by atoms with Crippen molar-refractivity contribution in [2.45, 2.75) is 17.7 Å². The van der Waals surface area contributed by atoms with Crippen LogP contribution in [-0.4, -0.2) is 36.9 Å². The number of piperidine rings is 1. The Labute approximate surface area is 130 Å². The Morgan fingerprint density at radius 3 is 2.75 bits per heavy atom. The van der Waals surface area contributed by atoms with E-state index in [0.29, 0.717) is 28.9 Å². The summed E-state index contributed by atoms with van der Waals surface area (Å²) in [6.45, 7) is 0.351. The largest absolute Gasteiger partial charge is 0.481 e. The lowest BCUT2D eigenvalue weighted by atomic mass is 10.0. The number of hydrogen-bond acceptors (Lipinski definition) is 3. The molecule has 1 saturated heterocycles. The van der Waals surface area contributed by atoms with Crippen molar-refractivity contribution in [3.63, 3.8) is 0 Å². The second kappa shape index (κ2) is 6.01. The third kappa shape index (κ3) is 3.16. The van der Waals surface area contributed by atoms with Crippen LogP contribution in [-0.2, 0) is 14.8 Å². The van der Waals surface area contributed by atoms with Crippen LogP contribution >= 0.6 is 27.5 Å². The molecule has 0 aliphatic carbocycles. The SMILES string of the molecule is O=C(O)[C@H]1CCCN(S(=O)(=O)c2ccc(Cl)c(Br)c2)C1. The smallest absolute Gasteiger partial charge is 0.307 e. The van der Waals surface area contributed by atoms with Gasteiger partial charge < -0.3 is 5.11 Å². The summed E-state index contributed by atoms with van der Waals surface area (Å²) in [4.78, 5) is 11.1. The molecular formula is C12H13BrClNO4S. The fourth-order valence-corrected chi connectivity index (χ4v) is 4.35. The molecule has 0 amide bonds. The molecule has 2 rings (SSSR count). The fraction of sp³-hybridized carbons (Fsp3) is 0.417. The molecule has 110 valence electrons. The molecule has 0 spiro atoms. The van der Waals surface area contributed by atoms with Crippen LogP contribution in [0.1, 0.15) is 12.8 Å². The maximum absolute atomic E-state index is 12.5. The van der Waals surface area contributed by atoms with E-state index in [4.69, 9.17) is 16.7 Å². The highest BCUT2D eigenvalue weighted by Crippen LogP contribution is 2.29. The summed E-state index contributed by atoms with van der Waals surface area (Å²) in [6.07, 6.45) is 1.05. The van der Waals surface area contributed by atoms with E-state index >= 15 is 0 Å². The first-order valence-corrected chi connectivity index (χ1v) is 8.61. The minimum absolute atomic E-state index is 0.0118. The highest BCUT2D eigenvalue weighted by molar-refractivity contribution is 9.10. The van der Waals surface area contributed by atoms with Gasteiger partial charge in [0.2, 0.25) is 10.0 Å². The first kappa shape index (κ1) is 15.8. The van der Waals surface area contributed by atoms with Crippen molar-refractivity contribution in [3.05, 3.63) is 27.7 Å². The van der Waals surface area contributed by atoms with Gasteiger partial charge in [0.05, 0.1) is 15.8 Å². The van der Waals surface area contributed by atoms with Crippen molar-refractivity contribution in [1.29, 1.82) is 0 Å². The molecule has 1 aliphatic heterocycles. The van der Waals surface area contributed by atoms with Crippen LogP contribution in [0.5, 0.6) is 0 Å². The highest BCUT2D eigenvalue weighted by atomic mass is 79.9. The van der Waals surface area contributed by atoms with Crippen LogP contribution in [0.2, 0.25) is 5.02 Å². The Kier molecular flexibility index (Phi) is 4.73. The third-order valence-corrected chi connectivity index (χ3v) is 6.34. The van der Waals surface area contributed by atoms with Crippen LogP contribution in [0.3, 0.4) is 0 Å². The summed E-state index contributed by atoms with van der Waals surface area (Å²) in [5.41, 5.74) is 0. The Hall–Kier alpha value is -0.630. The zero-order valence-corrected chi connectivity index (χ0v) is 13.6. The number of carboxylic acid groups (broad SMARTS) is 1. The van der Waals surface area contributed by atoms with Crippen LogP contribution in [0.4, 0.5) is 0 Å². The number of sulfonamides is 1. The lowest BCUT2D eigenvalue weighted by molar-refractivity contribution is -0.142. The van der Waals surface area contributed by atoms with E-state index in [2.05, 4.69) is 15.9 Å². The molecular weight excluding hydrogens is 370 g/mol. The lowest BCUT2D eigenvalue weighted by Crippen LogP contribution is -2.42. The van der Waals surface area contributed by atoms with Crippen molar-refractivity contribution in [1.82, 2.24) is 4.31 Å². The number of halogens is 2. The molecule has 0 unspecified atom stereocenters. The second-order valence-corrected chi connectivity index (χ2v) is 7.82. The van der Waals surface area contributed by atoms with Gasteiger partial charge in [0.25, 0.3) is 0 Å². The maximum Gasteiger partial charge on any atom is 0.307 e. The molecule has 0 aromatic heterocycles. The van der Waals surface area contributed by atoms with E-state index in [1.807, 2.05) is 0 Å². The molecule has 1 aromatic carbocycles. The van der Waals surface area contributed by atoms with E-state index in [1.54, 1.807) is 0 Å². The predicted molar refractivity (Wildman–Crippen MR) is 78.3 cm³/mol. The molecule has 5 nitrogen and oxygen atoms in total. The van der Waals surface area contributed by atoms with E-state index in [1.165, 1.54) is 22.5 Å². The number of carbonyl (C=O) groups is 1. The Morgan fingerprint density at radius 1 is 1.45 bits per heavy atom. The summed E-state index contributed by atoms with van der Waals surface area (Å²) < 4.78 is 26.7. The first-order chi connectivity index (χ1) is 9.32. The number of carboxylic acids is 1. The van der Waals surface area contributed by atoms with Crippen LogP contribution < -0.4 is 0 Å². The van der Waals surface area contributed by atoms with Gasteiger partial charge >= 0.3 is 5.97 Å². The molecule has 0 bridgehead atoms. The van der Waals surface area contributed by atoms with Gasteiger partial charge in [-0.2, -0.15) is 4.31 Å². The van der Waals surface area contributed by atoms with E-state index in [0.717, 1.165) is 0 Å². The quantitative estimate of drug-likeness (QED) is 0.872. The predicted octanol–water partition coefficient (Wildman–Crippen LogP) is 2.59. The molecule has 1 atom stereocenters. The van der Waals surface area contributed by atoms with Gasteiger partial charge in [-0.05, 0) is 47.0 Å². The Bertz CT molecular complexity index is 634. The van der Waals surface area contributed by atoms with Crippen LogP contribution in [0.25, 0.3) is 0 Å². The molecule has 1 aromatic rings. The van der Waals surface area contributed by atoms with Gasteiger partial charge in [-0.3, -0.25) is 4.79 Å². The zero-order valence-electron chi connectivity index (χ0n) is 10.4. The molecule has 1 fully saturated rings. The lowest BCUT2D eigenvalue weighted by Gasteiger charge is -2.29. The average Bonchev–Trinajstić information content (AvgIpc) is 2.42. The number of rotatable bonds is 3. The first-order valence-electron chi connectivity index (χ1n) is 6.00. The number of aliphatic carboxylic acids is 1. The maximum atomic E-state index is 12.5. The topological polar surface area (TPSA) is 74.7 Å². The van der Waals surface area contributed by atoms with Crippen molar-refractivity contribution in [2.24, 2.45) is 5.92 Å². The van der Waals surface area contributed by atoms with E-state index < -0.39 is 21.9 Å². The van der Waals surface area contributed by atoms with Crippen molar-refractivity contribution >= 4 is 43.5 Å². The van der Waals surface area contributed by atoms with Gasteiger partial charge in [-0.1, -0.05) is 11.6 Å². The van der Waals surface area contributed by atoms with Crippen LogP contribution in [0, 0.1) is 5.92 Å². The molecule has 0 saturated carbocycles. The van der Waals surface area contributed by atoms with Gasteiger partial charge in [0.15, 0.2) is 0 Å². The second-order valence-electron chi connectivity index (χ2n) is 4.62. The third-order valence-electron chi connectivity index (χ3n) is 3.26. The zero-order chi connectivity index (χ0) is 14.9. The Morgan fingerprint density at radius 2 is 2.15 bits per heavy atom. The van der Waals surface area contributed by atoms with Crippen molar-refractivity contribution in [2.75, 3.05) is 13.1 Å². The van der Waals surface area contributed by atoms with E-state index in [-0.39, 0.29) is 11.4 Å². The molecule has 8 heteroatoms. The standard InChI is InChI=1S/C12H13BrClNO4S/c13-10-6-9(3-4-11(10)14)20(18,19)15-5-1-2-8(7-15)12(16)17/h3-4,6,8H,1-2,5,7H2,(H,16,17)/t8-/m0/s1. The van der Waals surface area contributed by atoms with E-state index in [9.17, 15) is 13.2 Å². The minimum Gasteiger partial charge on any atom is -0.481 e. The summed E-state index contributed by atoms with van der Waals surface area (Å²) in [5, 5.41) is 9.45. The van der Waals surface area contributed by atoms with Gasteiger partial charge in [-0.15, -0.1) is 0 Å². The molecule has 1 aliphatic rings. The number of nitrogens with zero attached hydrogens (tertiary/aromatic N) is 1. The summed E-state index contributed by atoms with van der Waals surface area (Å²) in [5.74, 6) is -1.60. The van der Waals surface area contributed by atoms with Crippen molar-refractivity contribution < 1.29 is 18.3 Å². The Balaban J connectivity index is 2.29. The highest BCUT2D eigenvalue weighted by Gasteiger charge is 2.33. The normalized spacial score (nSPS) is 20.8. The summed E-state index contributed by atoms with van der Waals surface area (Å²) in [7, 11) is -3.69. The minimum atomic E-state index is -3.69. The summed E-state index contributed by atoms with van der Waals surface area (Å²) >= 11 is 9.04. The van der Waals surface area contributed by atoms with Gasteiger partial charge in [-0.25, -0.2) is 8.42 Å². The van der Waals surface area contributed by atoms with Gasteiger partial charge in [0, 0.05) is 17.6 Å².